The molecule has 2 heterocycles. The second-order valence-corrected chi connectivity index (χ2v) is 6.36. The van der Waals surface area contributed by atoms with Gasteiger partial charge in [0.2, 0.25) is 0 Å². The fourth-order valence-corrected chi connectivity index (χ4v) is 3.73. The van der Waals surface area contributed by atoms with Gasteiger partial charge in [0.1, 0.15) is 11.6 Å². The Kier molecular flexibility index (Phi) is 3.67. The number of hydrogen-bond acceptors (Lipinski definition) is 4. The van der Waals surface area contributed by atoms with Gasteiger partial charge in [-0.15, -0.1) is 0 Å². The minimum absolute atomic E-state index is 0.408. The van der Waals surface area contributed by atoms with Crippen LogP contribution in [0.2, 0.25) is 0 Å². The Labute approximate surface area is 121 Å². The maximum atomic E-state index is 10.8. The first-order chi connectivity index (χ1) is 9.60. The molecule has 1 saturated heterocycles. The van der Waals surface area contributed by atoms with Crippen molar-refractivity contribution in [1.82, 2.24) is 9.97 Å². The van der Waals surface area contributed by atoms with E-state index in [-0.39, 0.29) is 0 Å². The minimum atomic E-state index is -0.412. The Morgan fingerprint density at radius 3 is 3.00 bits per heavy atom. The highest BCUT2D eigenvalue weighted by atomic mass is 16.3. The highest BCUT2D eigenvalue weighted by molar-refractivity contribution is 5.41. The van der Waals surface area contributed by atoms with Crippen LogP contribution in [0, 0.1) is 12.8 Å². The third-order valence-corrected chi connectivity index (χ3v) is 4.99. The van der Waals surface area contributed by atoms with Crippen molar-refractivity contribution < 1.29 is 5.11 Å². The number of anilines is 1. The van der Waals surface area contributed by atoms with Gasteiger partial charge >= 0.3 is 0 Å². The zero-order valence-electron chi connectivity index (χ0n) is 12.6. The maximum absolute atomic E-state index is 10.8. The van der Waals surface area contributed by atoms with Crippen LogP contribution >= 0.6 is 0 Å². The summed E-state index contributed by atoms with van der Waals surface area (Å²) in [5.41, 5.74) is 0.696. The van der Waals surface area contributed by atoms with Crippen molar-refractivity contribution in [3.05, 3.63) is 17.6 Å². The maximum Gasteiger partial charge on any atom is 0.132 e. The molecule has 1 saturated carbocycles. The summed E-state index contributed by atoms with van der Waals surface area (Å²) in [6.45, 7) is 5.94. The molecule has 2 unspecified atom stereocenters. The van der Waals surface area contributed by atoms with Gasteiger partial charge in [-0.3, -0.25) is 0 Å². The lowest BCUT2D eigenvalue weighted by Crippen LogP contribution is -2.53. The largest absolute Gasteiger partial charge is 0.389 e. The van der Waals surface area contributed by atoms with E-state index in [1.807, 2.05) is 6.92 Å². The van der Waals surface area contributed by atoms with Gasteiger partial charge in [0.25, 0.3) is 0 Å². The Balaban J connectivity index is 1.80. The molecule has 2 aliphatic rings. The average molecular weight is 275 g/mol. The lowest BCUT2D eigenvalue weighted by molar-refractivity contribution is -0.0613. The van der Waals surface area contributed by atoms with Crippen LogP contribution in [0.25, 0.3) is 0 Å². The van der Waals surface area contributed by atoms with Gasteiger partial charge in [-0.2, -0.15) is 0 Å². The lowest BCUT2D eigenvalue weighted by atomic mass is 9.71. The van der Waals surface area contributed by atoms with Gasteiger partial charge in [-0.1, -0.05) is 19.8 Å². The number of fused-ring (bicyclic) bond motifs is 1. The summed E-state index contributed by atoms with van der Waals surface area (Å²) < 4.78 is 0. The quantitative estimate of drug-likeness (QED) is 0.901. The SMILES string of the molecule is CCc1cc(N2CCC3(O)CCCCC3C2)nc(C)n1. The van der Waals surface area contributed by atoms with Crippen LogP contribution in [0.4, 0.5) is 5.82 Å². The number of aryl methyl sites for hydroxylation is 2. The number of hydrogen-bond donors (Lipinski definition) is 1. The van der Waals surface area contributed by atoms with Crippen molar-refractivity contribution in [2.75, 3.05) is 18.0 Å². The van der Waals surface area contributed by atoms with E-state index in [0.717, 1.165) is 56.1 Å². The lowest BCUT2D eigenvalue weighted by Gasteiger charge is -2.47. The molecule has 1 aliphatic carbocycles. The van der Waals surface area contributed by atoms with Crippen LogP contribution in [-0.2, 0) is 6.42 Å². The average Bonchev–Trinajstić information content (AvgIpc) is 2.45. The molecule has 2 fully saturated rings. The van der Waals surface area contributed by atoms with Crippen LogP contribution in [0.1, 0.15) is 50.5 Å². The molecular formula is C16H25N3O. The fourth-order valence-electron chi connectivity index (χ4n) is 3.73. The molecule has 2 atom stereocenters. The molecule has 0 aromatic carbocycles. The molecular weight excluding hydrogens is 250 g/mol. The standard InChI is InChI=1S/C16H25N3O/c1-3-14-10-15(18-12(2)17-14)19-9-8-16(20)7-5-4-6-13(16)11-19/h10,13,20H,3-9,11H2,1-2H3. The first-order valence-electron chi connectivity index (χ1n) is 7.92. The van der Waals surface area contributed by atoms with Crippen molar-refractivity contribution in [2.24, 2.45) is 5.92 Å². The van der Waals surface area contributed by atoms with Crippen molar-refractivity contribution >= 4 is 5.82 Å². The van der Waals surface area contributed by atoms with E-state index in [4.69, 9.17) is 0 Å². The van der Waals surface area contributed by atoms with Crippen molar-refractivity contribution in [1.29, 1.82) is 0 Å². The summed E-state index contributed by atoms with van der Waals surface area (Å²) in [7, 11) is 0. The molecule has 1 N–H and O–H groups in total. The Hall–Kier alpha value is -1.16. The zero-order chi connectivity index (χ0) is 14.2. The Morgan fingerprint density at radius 2 is 2.20 bits per heavy atom. The van der Waals surface area contributed by atoms with Gasteiger partial charge in [0, 0.05) is 30.8 Å². The van der Waals surface area contributed by atoms with Gasteiger partial charge in [0.05, 0.1) is 5.60 Å². The third kappa shape index (κ3) is 2.53. The monoisotopic (exact) mass is 275 g/mol. The fraction of sp³-hybridized carbons (Fsp3) is 0.750. The van der Waals surface area contributed by atoms with Crippen molar-refractivity contribution in [3.8, 4) is 0 Å². The van der Waals surface area contributed by atoms with E-state index in [2.05, 4.69) is 27.9 Å². The van der Waals surface area contributed by atoms with E-state index < -0.39 is 5.60 Å². The van der Waals surface area contributed by atoms with Crippen LogP contribution in [0.5, 0.6) is 0 Å². The summed E-state index contributed by atoms with van der Waals surface area (Å²) in [6.07, 6.45) is 6.38. The first kappa shape index (κ1) is 13.8. The normalized spacial score (nSPS) is 30.1. The molecule has 0 bridgehead atoms. The molecule has 1 aliphatic heterocycles. The molecule has 110 valence electrons. The summed E-state index contributed by atoms with van der Waals surface area (Å²) in [5, 5.41) is 10.8. The van der Waals surface area contributed by atoms with E-state index in [0.29, 0.717) is 5.92 Å². The molecule has 3 rings (SSSR count). The summed E-state index contributed by atoms with van der Waals surface area (Å²) in [5.74, 6) is 2.30. The van der Waals surface area contributed by atoms with E-state index in [1.54, 1.807) is 0 Å². The molecule has 20 heavy (non-hydrogen) atoms. The number of aliphatic hydroxyl groups is 1. The van der Waals surface area contributed by atoms with Crippen LogP contribution in [0.15, 0.2) is 6.07 Å². The highest BCUT2D eigenvalue weighted by Crippen LogP contribution is 2.40. The van der Waals surface area contributed by atoms with E-state index in [9.17, 15) is 5.11 Å². The third-order valence-electron chi connectivity index (χ3n) is 4.99. The Bertz CT molecular complexity index is 491. The molecule has 0 amide bonds. The van der Waals surface area contributed by atoms with Gasteiger partial charge in [-0.25, -0.2) is 9.97 Å². The molecule has 4 heteroatoms. The van der Waals surface area contributed by atoms with Crippen molar-refractivity contribution in [2.45, 2.75) is 58.0 Å². The summed E-state index contributed by atoms with van der Waals surface area (Å²) in [6, 6.07) is 2.11. The number of aromatic nitrogens is 2. The first-order valence-corrected chi connectivity index (χ1v) is 7.92. The molecule has 4 nitrogen and oxygen atoms in total. The topological polar surface area (TPSA) is 49.2 Å². The van der Waals surface area contributed by atoms with Crippen molar-refractivity contribution in [3.63, 3.8) is 0 Å². The van der Waals surface area contributed by atoms with Crippen LogP contribution in [-0.4, -0.2) is 33.8 Å². The molecule has 0 spiro atoms. The zero-order valence-corrected chi connectivity index (χ0v) is 12.6. The van der Waals surface area contributed by atoms with Crippen LogP contribution in [0.3, 0.4) is 0 Å². The second-order valence-electron chi connectivity index (χ2n) is 6.36. The van der Waals surface area contributed by atoms with Gasteiger partial charge in [0.15, 0.2) is 0 Å². The molecule has 1 aromatic rings. The predicted octanol–water partition coefficient (Wildman–Crippen LogP) is 2.48. The molecule has 1 aromatic heterocycles. The summed E-state index contributed by atoms with van der Waals surface area (Å²) >= 11 is 0. The van der Waals surface area contributed by atoms with E-state index >= 15 is 0 Å². The Morgan fingerprint density at radius 1 is 1.35 bits per heavy atom. The van der Waals surface area contributed by atoms with Gasteiger partial charge in [-0.05, 0) is 32.6 Å². The number of nitrogens with zero attached hydrogens (tertiary/aromatic N) is 3. The van der Waals surface area contributed by atoms with Gasteiger partial charge < -0.3 is 10.0 Å². The second kappa shape index (κ2) is 5.32. The highest BCUT2D eigenvalue weighted by Gasteiger charge is 2.43. The predicted molar refractivity (Wildman–Crippen MR) is 79.9 cm³/mol. The number of rotatable bonds is 2. The van der Waals surface area contributed by atoms with Crippen LogP contribution < -0.4 is 4.90 Å². The summed E-state index contributed by atoms with van der Waals surface area (Å²) in [4.78, 5) is 11.4. The van der Waals surface area contributed by atoms with E-state index in [1.165, 1.54) is 12.8 Å². The minimum Gasteiger partial charge on any atom is -0.389 e. The smallest absolute Gasteiger partial charge is 0.132 e. The number of piperidine rings is 1. The molecule has 0 radical (unpaired) electrons.